The Bertz CT molecular complexity index is 1150. The number of sulfonamides is 1. The molecular weight excluding hydrogens is 436 g/mol. The number of carbonyl (C=O) groups excluding carboxylic acids is 2. The van der Waals surface area contributed by atoms with E-state index in [1.807, 2.05) is 4.90 Å². The van der Waals surface area contributed by atoms with Gasteiger partial charge in [-0.15, -0.1) is 0 Å². The Morgan fingerprint density at radius 2 is 1.72 bits per heavy atom. The summed E-state index contributed by atoms with van der Waals surface area (Å²) < 4.78 is 39.3. The van der Waals surface area contributed by atoms with Gasteiger partial charge in [0.1, 0.15) is 13.2 Å². The number of carbonyl (C=O) groups is 2. The van der Waals surface area contributed by atoms with Crippen LogP contribution in [0.4, 0.5) is 5.69 Å². The van der Waals surface area contributed by atoms with E-state index in [4.69, 9.17) is 19.3 Å². The first-order chi connectivity index (χ1) is 15.3. The van der Waals surface area contributed by atoms with Gasteiger partial charge in [-0.05, 0) is 49.2 Å². The molecule has 1 fully saturated rings. The highest BCUT2D eigenvalue weighted by Crippen LogP contribution is 2.34. The van der Waals surface area contributed by atoms with Crippen molar-refractivity contribution in [1.82, 2.24) is 0 Å². The van der Waals surface area contributed by atoms with Gasteiger partial charge < -0.3 is 19.1 Å². The molecule has 2 aromatic carbocycles. The number of fused-ring (bicyclic) bond motifs is 1. The molecule has 0 aliphatic carbocycles. The molecule has 0 bridgehead atoms. The number of benzene rings is 2. The summed E-state index contributed by atoms with van der Waals surface area (Å²) in [7, 11) is -2.73. The maximum Gasteiger partial charge on any atom is 0.340 e. The van der Waals surface area contributed by atoms with Gasteiger partial charge in [0, 0.05) is 24.6 Å². The molecule has 9 nitrogen and oxygen atoms in total. The maximum atomic E-state index is 13.0. The molecule has 2 aromatic rings. The molecule has 0 atom stereocenters. The summed E-state index contributed by atoms with van der Waals surface area (Å²) in [5, 5.41) is 5.20. The second-order valence-corrected chi connectivity index (χ2v) is 9.26. The Hall–Kier alpha value is -3.11. The molecule has 2 N–H and O–H groups in total. The molecule has 0 unspecified atom stereocenters. The van der Waals surface area contributed by atoms with E-state index in [1.165, 1.54) is 19.2 Å². The minimum absolute atomic E-state index is 0.0411. The number of hydrogen-bond acceptors (Lipinski definition) is 8. The van der Waals surface area contributed by atoms with E-state index in [0.717, 1.165) is 0 Å². The van der Waals surface area contributed by atoms with Crippen LogP contribution >= 0.6 is 0 Å². The quantitative estimate of drug-likeness (QED) is 0.530. The first kappa shape index (κ1) is 22.1. The van der Waals surface area contributed by atoms with Crippen molar-refractivity contribution in [2.75, 3.05) is 38.3 Å². The number of primary sulfonamides is 1. The SMILES string of the molecule is COC(=O)c1cc(S(N)(=O)=O)ccc1N1CCC(C(=O)c2ccc3c(c2)OCCO3)CC1. The summed E-state index contributed by atoms with van der Waals surface area (Å²) in [5.74, 6) is 0.441. The van der Waals surface area contributed by atoms with Crippen molar-refractivity contribution in [1.29, 1.82) is 0 Å². The lowest BCUT2D eigenvalue weighted by Crippen LogP contribution is -2.37. The molecule has 1 saturated heterocycles. The zero-order valence-electron chi connectivity index (χ0n) is 17.6. The molecule has 32 heavy (non-hydrogen) atoms. The van der Waals surface area contributed by atoms with Gasteiger partial charge in [-0.2, -0.15) is 0 Å². The average molecular weight is 461 g/mol. The smallest absolute Gasteiger partial charge is 0.340 e. The van der Waals surface area contributed by atoms with E-state index in [0.29, 0.717) is 61.9 Å². The lowest BCUT2D eigenvalue weighted by atomic mass is 9.88. The molecule has 0 aromatic heterocycles. The first-order valence-corrected chi connectivity index (χ1v) is 11.8. The topological polar surface area (TPSA) is 125 Å². The summed E-state index contributed by atoms with van der Waals surface area (Å²) in [4.78, 5) is 27.1. The van der Waals surface area contributed by atoms with E-state index in [2.05, 4.69) is 0 Å². The minimum Gasteiger partial charge on any atom is -0.486 e. The summed E-state index contributed by atoms with van der Waals surface area (Å²) in [6.07, 6.45) is 1.18. The predicted molar refractivity (Wildman–Crippen MR) is 116 cm³/mol. The molecule has 10 heteroatoms. The number of nitrogens with two attached hydrogens (primary N) is 1. The standard InChI is InChI=1S/C22H24N2O7S/c1-29-22(26)17-13-16(32(23,27)28)3-4-18(17)24-8-6-14(7-9-24)21(25)15-2-5-19-20(12-15)31-11-10-30-19/h2-5,12-14H,6-11H2,1H3,(H2,23,27,28). The monoisotopic (exact) mass is 460 g/mol. The van der Waals surface area contributed by atoms with Crippen molar-refractivity contribution < 1.29 is 32.2 Å². The lowest BCUT2D eigenvalue weighted by Gasteiger charge is -2.34. The average Bonchev–Trinajstić information content (AvgIpc) is 2.82. The lowest BCUT2D eigenvalue weighted by molar-refractivity contribution is 0.0600. The zero-order valence-corrected chi connectivity index (χ0v) is 18.4. The van der Waals surface area contributed by atoms with E-state index in [-0.39, 0.29) is 22.2 Å². The zero-order chi connectivity index (χ0) is 22.9. The van der Waals surface area contributed by atoms with Crippen molar-refractivity contribution >= 4 is 27.5 Å². The molecule has 0 amide bonds. The van der Waals surface area contributed by atoms with E-state index in [9.17, 15) is 18.0 Å². The summed E-state index contributed by atoms with van der Waals surface area (Å²) >= 11 is 0. The van der Waals surface area contributed by atoms with Crippen LogP contribution in [0, 0.1) is 5.92 Å². The number of ketones is 1. The Balaban J connectivity index is 1.50. The molecular formula is C22H24N2O7S. The Morgan fingerprint density at radius 1 is 1.03 bits per heavy atom. The number of nitrogens with zero attached hydrogens (tertiary/aromatic N) is 1. The summed E-state index contributed by atoms with van der Waals surface area (Å²) in [6.45, 7) is 2.00. The largest absolute Gasteiger partial charge is 0.486 e. The fourth-order valence-corrected chi connectivity index (χ4v) is 4.60. The number of ether oxygens (including phenoxy) is 3. The van der Waals surface area contributed by atoms with Crippen molar-refractivity contribution in [2.45, 2.75) is 17.7 Å². The first-order valence-electron chi connectivity index (χ1n) is 10.2. The van der Waals surface area contributed by atoms with Crippen molar-refractivity contribution in [3.05, 3.63) is 47.5 Å². The van der Waals surface area contributed by atoms with Gasteiger partial charge in [0.15, 0.2) is 17.3 Å². The molecule has 0 spiro atoms. The van der Waals surface area contributed by atoms with Crippen LogP contribution in [0.2, 0.25) is 0 Å². The Kier molecular flexibility index (Phi) is 6.07. The van der Waals surface area contributed by atoms with Crippen LogP contribution in [0.5, 0.6) is 11.5 Å². The predicted octanol–water partition coefficient (Wildman–Crippen LogP) is 1.99. The Labute approximate surface area is 186 Å². The van der Waals surface area contributed by atoms with Gasteiger partial charge >= 0.3 is 5.97 Å². The normalized spacial score (nSPS) is 16.5. The van der Waals surface area contributed by atoms with Crippen LogP contribution in [0.3, 0.4) is 0 Å². The molecule has 2 heterocycles. The van der Waals surface area contributed by atoms with Gasteiger partial charge in [0.2, 0.25) is 10.0 Å². The van der Waals surface area contributed by atoms with Crippen molar-refractivity contribution in [3.8, 4) is 11.5 Å². The van der Waals surface area contributed by atoms with Gasteiger partial charge in [0.05, 0.1) is 23.3 Å². The highest BCUT2D eigenvalue weighted by molar-refractivity contribution is 7.89. The fraction of sp³-hybridized carbons (Fsp3) is 0.364. The second kappa shape index (κ2) is 8.79. The second-order valence-electron chi connectivity index (χ2n) is 7.70. The number of rotatable bonds is 5. The molecule has 4 rings (SSSR count). The third-order valence-electron chi connectivity index (χ3n) is 5.73. The maximum absolute atomic E-state index is 13.0. The number of methoxy groups -OCH3 is 1. The van der Waals surface area contributed by atoms with Crippen molar-refractivity contribution in [2.24, 2.45) is 11.1 Å². The number of esters is 1. The van der Waals surface area contributed by atoms with Crippen molar-refractivity contribution in [3.63, 3.8) is 0 Å². The van der Waals surface area contributed by atoms with Crippen LogP contribution in [0.15, 0.2) is 41.3 Å². The minimum atomic E-state index is -3.96. The number of anilines is 1. The fourth-order valence-electron chi connectivity index (χ4n) is 4.06. The third-order valence-corrected chi connectivity index (χ3v) is 6.65. The summed E-state index contributed by atoms with van der Waals surface area (Å²) in [5.41, 5.74) is 1.26. The van der Waals surface area contributed by atoms with Gasteiger partial charge in [-0.3, -0.25) is 4.79 Å². The van der Waals surface area contributed by atoms with Gasteiger partial charge in [0.25, 0.3) is 0 Å². The van der Waals surface area contributed by atoms with E-state index in [1.54, 1.807) is 24.3 Å². The van der Waals surface area contributed by atoms with Crippen LogP contribution < -0.4 is 19.5 Å². The van der Waals surface area contributed by atoms with Crippen LogP contribution in [0.1, 0.15) is 33.6 Å². The van der Waals surface area contributed by atoms with Crippen LogP contribution in [0.25, 0.3) is 0 Å². The van der Waals surface area contributed by atoms with E-state index < -0.39 is 16.0 Å². The Morgan fingerprint density at radius 3 is 2.38 bits per heavy atom. The highest BCUT2D eigenvalue weighted by atomic mass is 32.2. The highest BCUT2D eigenvalue weighted by Gasteiger charge is 2.29. The molecule has 2 aliphatic heterocycles. The van der Waals surface area contributed by atoms with Gasteiger partial charge in [-0.25, -0.2) is 18.4 Å². The van der Waals surface area contributed by atoms with Crippen LogP contribution in [-0.4, -0.2) is 53.6 Å². The third kappa shape index (κ3) is 4.42. The molecule has 2 aliphatic rings. The van der Waals surface area contributed by atoms with E-state index >= 15 is 0 Å². The number of piperidine rings is 1. The summed E-state index contributed by atoms with van der Waals surface area (Å²) in [6, 6.07) is 9.38. The molecule has 170 valence electrons. The molecule has 0 radical (unpaired) electrons. The molecule has 0 saturated carbocycles. The van der Waals surface area contributed by atoms with Crippen LogP contribution in [-0.2, 0) is 14.8 Å². The number of hydrogen-bond donors (Lipinski definition) is 1. The van der Waals surface area contributed by atoms with Gasteiger partial charge in [-0.1, -0.05) is 0 Å². The number of Topliss-reactive ketones (excluding diaryl/α,β-unsaturated/α-hetero) is 1.